The third-order valence-corrected chi connectivity index (χ3v) is 6.58. The molecule has 0 aliphatic heterocycles. The summed E-state index contributed by atoms with van der Waals surface area (Å²) in [4.78, 5) is 17.8. The molecule has 0 radical (unpaired) electrons. The predicted molar refractivity (Wildman–Crippen MR) is 132 cm³/mol. The minimum Gasteiger partial charge on any atom is -0.395 e. The van der Waals surface area contributed by atoms with Gasteiger partial charge in [0.2, 0.25) is 0 Å². The first-order chi connectivity index (χ1) is 16.3. The SMILES string of the molecule is Cc1cccn2cc(-c3ccc(NC(=O)c4ccc(S(C)(=O)=O)cc4CNCCO)cc3)nc12. The van der Waals surface area contributed by atoms with Gasteiger partial charge in [-0.05, 0) is 54.4 Å². The number of aliphatic hydroxyl groups excluding tert-OH is 1. The van der Waals surface area contributed by atoms with Gasteiger partial charge < -0.3 is 20.1 Å². The maximum absolute atomic E-state index is 13.0. The average Bonchev–Trinajstić information content (AvgIpc) is 3.25. The first kappa shape index (κ1) is 23.6. The van der Waals surface area contributed by atoms with Crippen LogP contribution in [0.3, 0.4) is 0 Å². The zero-order chi connectivity index (χ0) is 24.3. The molecule has 0 fully saturated rings. The molecule has 0 saturated carbocycles. The lowest BCUT2D eigenvalue weighted by molar-refractivity contribution is 0.102. The summed E-state index contributed by atoms with van der Waals surface area (Å²) >= 11 is 0. The number of sulfone groups is 1. The second-order valence-electron chi connectivity index (χ2n) is 8.07. The molecule has 34 heavy (non-hydrogen) atoms. The summed E-state index contributed by atoms with van der Waals surface area (Å²) in [5.74, 6) is -0.350. The highest BCUT2D eigenvalue weighted by molar-refractivity contribution is 7.90. The summed E-state index contributed by atoms with van der Waals surface area (Å²) in [5.41, 5.74) is 5.24. The van der Waals surface area contributed by atoms with E-state index in [0.717, 1.165) is 28.7 Å². The lowest BCUT2D eigenvalue weighted by atomic mass is 10.1. The quantitative estimate of drug-likeness (QED) is 0.336. The van der Waals surface area contributed by atoms with E-state index in [4.69, 9.17) is 10.1 Å². The van der Waals surface area contributed by atoms with Crippen molar-refractivity contribution in [3.8, 4) is 11.3 Å². The summed E-state index contributed by atoms with van der Waals surface area (Å²) in [6.07, 6.45) is 5.04. The molecule has 0 saturated heterocycles. The molecule has 0 aliphatic rings. The molecule has 4 aromatic rings. The number of nitrogens with one attached hydrogen (secondary N) is 2. The number of imidazole rings is 1. The third kappa shape index (κ3) is 5.17. The normalized spacial score (nSPS) is 11.6. The molecule has 0 unspecified atom stereocenters. The largest absolute Gasteiger partial charge is 0.395 e. The Kier molecular flexibility index (Phi) is 6.78. The van der Waals surface area contributed by atoms with Gasteiger partial charge >= 0.3 is 0 Å². The fraction of sp³-hybridized carbons (Fsp3) is 0.200. The number of aryl methyl sites for hydroxylation is 1. The fourth-order valence-electron chi connectivity index (χ4n) is 3.69. The van der Waals surface area contributed by atoms with Crippen molar-refractivity contribution in [3.05, 3.63) is 83.7 Å². The van der Waals surface area contributed by atoms with Crippen molar-refractivity contribution in [2.24, 2.45) is 0 Å². The van der Waals surface area contributed by atoms with E-state index in [-0.39, 0.29) is 24.0 Å². The molecule has 2 aromatic carbocycles. The Labute approximate surface area is 198 Å². The highest BCUT2D eigenvalue weighted by atomic mass is 32.2. The third-order valence-electron chi connectivity index (χ3n) is 5.47. The van der Waals surface area contributed by atoms with Crippen molar-refractivity contribution >= 4 is 27.1 Å². The van der Waals surface area contributed by atoms with Gasteiger partial charge in [0.15, 0.2) is 9.84 Å². The first-order valence-electron chi connectivity index (χ1n) is 10.8. The Bertz CT molecular complexity index is 1440. The van der Waals surface area contributed by atoms with Gasteiger partial charge in [0.05, 0.1) is 17.2 Å². The molecule has 2 aromatic heterocycles. The molecule has 4 rings (SSSR count). The number of pyridine rings is 1. The number of aliphatic hydroxyl groups is 1. The van der Waals surface area contributed by atoms with Crippen LogP contribution in [0.2, 0.25) is 0 Å². The monoisotopic (exact) mass is 478 g/mol. The minimum atomic E-state index is -3.42. The van der Waals surface area contributed by atoms with Crippen LogP contribution in [0.25, 0.3) is 16.9 Å². The van der Waals surface area contributed by atoms with E-state index < -0.39 is 9.84 Å². The molecule has 0 bridgehead atoms. The second kappa shape index (κ2) is 9.76. The number of hydrogen-bond donors (Lipinski definition) is 3. The van der Waals surface area contributed by atoms with E-state index in [1.54, 1.807) is 12.1 Å². The summed E-state index contributed by atoms with van der Waals surface area (Å²) in [5, 5.41) is 14.9. The molecule has 0 aliphatic carbocycles. The minimum absolute atomic E-state index is 0.0640. The molecule has 9 heteroatoms. The number of fused-ring (bicyclic) bond motifs is 1. The number of anilines is 1. The van der Waals surface area contributed by atoms with Gasteiger partial charge in [-0.15, -0.1) is 0 Å². The lowest BCUT2D eigenvalue weighted by Crippen LogP contribution is -2.21. The standard InChI is InChI=1S/C25H26N4O4S/c1-17-4-3-12-29-16-23(28-24(17)29)18-5-7-20(8-6-18)27-25(31)22-10-9-21(34(2,32)33)14-19(22)15-26-11-13-30/h3-10,12,14,16,26,30H,11,13,15H2,1-2H3,(H,27,31). The Morgan fingerprint density at radius 1 is 1.12 bits per heavy atom. The number of rotatable bonds is 8. The van der Waals surface area contributed by atoms with Crippen molar-refractivity contribution in [3.63, 3.8) is 0 Å². The van der Waals surface area contributed by atoms with Gasteiger partial charge in [-0.25, -0.2) is 13.4 Å². The van der Waals surface area contributed by atoms with Crippen LogP contribution in [0, 0.1) is 6.92 Å². The van der Waals surface area contributed by atoms with Crippen molar-refractivity contribution < 1.29 is 18.3 Å². The number of carbonyl (C=O) groups excluding carboxylic acids is 1. The van der Waals surface area contributed by atoms with Crippen LogP contribution in [0.15, 0.2) is 71.9 Å². The predicted octanol–water partition coefficient (Wildman–Crippen LogP) is 3.05. The maximum Gasteiger partial charge on any atom is 0.255 e. The zero-order valence-electron chi connectivity index (χ0n) is 18.9. The number of nitrogens with zero attached hydrogens (tertiary/aromatic N) is 2. The number of aromatic nitrogens is 2. The number of carbonyl (C=O) groups is 1. The van der Waals surface area contributed by atoms with E-state index >= 15 is 0 Å². The second-order valence-corrected chi connectivity index (χ2v) is 10.1. The Morgan fingerprint density at radius 2 is 1.88 bits per heavy atom. The molecular formula is C25H26N4O4S. The van der Waals surface area contributed by atoms with Crippen molar-refractivity contribution in [2.75, 3.05) is 24.7 Å². The number of benzene rings is 2. The Balaban J connectivity index is 1.55. The van der Waals surface area contributed by atoms with Crippen LogP contribution in [0.5, 0.6) is 0 Å². The summed E-state index contributed by atoms with van der Waals surface area (Å²) in [6, 6.07) is 15.8. The topological polar surface area (TPSA) is 113 Å². The zero-order valence-corrected chi connectivity index (χ0v) is 19.8. The van der Waals surface area contributed by atoms with E-state index in [0.29, 0.717) is 23.4 Å². The summed E-state index contributed by atoms with van der Waals surface area (Å²) in [6.45, 7) is 2.53. The summed E-state index contributed by atoms with van der Waals surface area (Å²) in [7, 11) is -3.42. The molecule has 1 amide bonds. The van der Waals surface area contributed by atoms with Gasteiger partial charge in [-0.1, -0.05) is 18.2 Å². The van der Waals surface area contributed by atoms with Crippen LogP contribution in [0.4, 0.5) is 5.69 Å². The first-order valence-corrected chi connectivity index (χ1v) is 12.7. The molecule has 3 N–H and O–H groups in total. The Hall–Kier alpha value is -3.53. The van der Waals surface area contributed by atoms with Crippen LogP contribution < -0.4 is 10.6 Å². The molecule has 0 atom stereocenters. The van der Waals surface area contributed by atoms with Crippen molar-refractivity contribution in [2.45, 2.75) is 18.4 Å². The van der Waals surface area contributed by atoms with Gasteiger partial charge in [0.1, 0.15) is 5.65 Å². The smallest absolute Gasteiger partial charge is 0.255 e. The lowest BCUT2D eigenvalue weighted by Gasteiger charge is -2.13. The Morgan fingerprint density at radius 3 is 2.56 bits per heavy atom. The molecular weight excluding hydrogens is 452 g/mol. The molecule has 8 nitrogen and oxygen atoms in total. The number of hydrogen-bond acceptors (Lipinski definition) is 6. The van der Waals surface area contributed by atoms with E-state index in [1.807, 2.05) is 48.0 Å². The number of amides is 1. The maximum atomic E-state index is 13.0. The van der Waals surface area contributed by atoms with Crippen LogP contribution >= 0.6 is 0 Å². The van der Waals surface area contributed by atoms with E-state index in [2.05, 4.69) is 10.6 Å². The summed E-state index contributed by atoms with van der Waals surface area (Å²) < 4.78 is 25.9. The van der Waals surface area contributed by atoms with E-state index in [1.165, 1.54) is 18.2 Å². The van der Waals surface area contributed by atoms with Gasteiger partial charge in [0, 0.05) is 48.6 Å². The average molecular weight is 479 g/mol. The van der Waals surface area contributed by atoms with Gasteiger partial charge in [-0.2, -0.15) is 0 Å². The highest BCUT2D eigenvalue weighted by Gasteiger charge is 2.16. The van der Waals surface area contributed by atoms with Crippen LogP contribution in [-0.2, 0) is 16.4 Å². The molecule has 176 valence electrons. The van der Waals surface area contributed by atoms with E-state index in [9.17, 15) is 13.2 Å². The van der Waals surface area contributed by atoms with Crippen molar-refractivity contribution in [1.29, 1.82) is 0 Å². The highest BCUT2D eigenvalue weighted by Crippen LogP contribution is 2.23. The van der Waals surface area contributed by atoms with Gasteiger partial charge in [-0.3, -0.25) is 4.79 Å². The van der Waals surface area contributed by atoms with Crippen LogP contribution in [0.1, 0.15) is 21.5 Å². The van der Waals surface area contributed by atoms with Gasteiger partial charge in [0.25, 0.3) is 5.91 Å². The molecule has 2 heterocycles. The fourth-order valence-corrected chi connectivity index (χ4v) is 4.36. The molecule has 0 spiro atoms. The van der Waals surface area contributed by atoms with Crippen molar-refractivity contribution in [1.82, 2.24) is 14.7 Å². The van der Waals surface area contributed by atoms with Crippen LogP contribution in [-0.4, -0.2) is 48.2 Å².